The highest BCUT2D eigenvalue weighted by Crippen LogP contribution is 2.22. The van der Waals surface area contributed by atoms with E-state index < -0.39 is 0 Å². The molecule has 1 aromatic carbocycles. The molecule has 0 amide bonds. The van der Waals surface area contributed by atoms with E-state index in [1.807, 2.05) is 12.1 Å². The fraction of sp³-hybridized carbons (Fsp3) is 0.333. The van der Waals surface area contributed by atoms with E-state index in [-0.39, 0.29) is 0 Å². The first-order chi connectivity index (χ1) is 7.81. The number of H-pyrrole nitrogens is 1. The number of nitrogens with one attached hydrogen (secondary N) is 1. The minimum absolute atomic E-state index is 0.873. The van der Waals surface area contributed by atoms with Crippen molar-refractivity contribution < 1.29 is 4.74 Å². The lowest BCUT2D eigenvalue weighted by Gasteiger charge is -2.10. The van der Waals surface area contributed by atoms with E-state index in [1.165, 1.54) is 11.1 Å². The van der Waals surface area contributed by atoms with E-state index in [0.717, 1.165) is 24.3 Å². The molecule has 0 aliphatic heterocycles. The highest BCUT2D eigenvalue weighted by atomic mass is 16.5. The van der Waals surface area contributed by atoms with Gasteiger partial charge in [0.25, 0.3) is 0 Å². The van der Waals surface area contributed by atoms with Crippen LogP contribution in [0.3, 0.4) is 0 Å². The number of rotatable bonds is 4. The summed E-state index contributed by atoms with van der Waals surface area (Å²) in [6.07, 6.45) is 3.55. The minimum Gasteiger partial charge on any atom is -0.496 e. The number of nitrogens with zero attached hydrogens (tertiary/aromatic N) is 2. The van der Waals surface area contributed by atoms with Gasteiger partial charge in [-0.05, 0) is 37.0 Å². The molecule has 0 spiro atoms. The second kappa shape index (κ2) is 4.79. The average Bonchev–Trinajstić information content (AvgIpc) is 2.80. The molecular weight excluding hydrogens is 202 g/mol. The van der Waals surface area contributed by atoms with Crippen LogP contribution in [0.2, 0.25) is 0 Å². The molecule has 2 rings (SSSR count). The molecular formula is C12H15N3O. The summed E-state index contributed by atoms with van der Waals surface area (Å²) in [6.45, 7) is 2.10. The smallest absolute Gasteiger partial charge is 0.122 e. The van der Waals surface area contributed by atoms with Gasteiger partial charge in [0.2, 0.25) is 0 Å². The van der Waals surface area contributed by atoms with Crippen molar-refractivity contribution in [2.45, 2.75) is 19.8 Å². The van der Waals surface area contributed by atoms with Crippen LogP contribution in [0.25, 0.3) is 0 Å². The summed E-state index contributed by atoms with van der Waals surface area (Å²) >= 11 is 0. The van der Waals surface area contributed by atoms with E-state index in [2.05, 4.69) is 28.4 Å². The Morgan fingerprint density at radius 1 is 1.31 bits per heavy atom. The van der Waals surface area contributed by atoms with E-state index in [9.17, 15) is 0 Å². The quantitative estimate of drug-likeness (QED) is 0.851. The van der Waals surface area contributed by atoms with E-state index in [1.54, 1.807) is 13.3 Å². The predicted molar refractivity (Wildman–Crippen MR) is 61.5 cm³/mol. The maximum atomic E-state index is 5.35. The minimum atomic E-state index is 0.873. The van der Waals surface area contributed by atoms with Gasteiger partial charge in [0.15, 0.2) is 0 Å². The topological polar surface area (TPSA) is 50.8 Å². The van der Waals surface area contributed by atoms with E-state index in [0.29, 0.717) is 0 Å². The summed E-state index contributed by atoms with van der Waals surface area (Å²) in [4.78, 5) is 0. The fourth-order valence-electron chi connectivity index (χ4n) is 1.79. The zero-order chi connectivity index (χ0) is 11.4. The van der Waals surface area contributed by atoms with Crippen LogP contribution in [0.15, 0.2) is 24.4 Å². The third kappa shape index (κ3) is 2.21. The molecule has 0 saturated carbocycles. The Morgan fingerprint density at radius 2 is 2.19 bits per heavy atom. The summed E-state index contributed by atoms with van der Waals surface area (Å²) in [7, 11) is 1.70. The van der Waals surface area contributed by atoms with Gasteiger partial charge in [0.1, 0.15) is 5.75 Å². The predicted octanol–water partition coefficient (Wildman–Crippen LogP) is 1.91. The number of ether oxygens (including phenoxy) is 1. The first-order valence-corrected chi connectivity index (χ1v) is 5.28. The van der Waals surface area contributed by atoms with Crippen molar-refractivity contribution in [1.82, 2.24) is 15.4 Å². The van der Waals surface area contributed by atoms with Crippen LogP contribution < -0.4 is 4.74 Å². The van der Waals surface area contributed by atoms with Crippen molar-refractivity contribution in [1.29, 1.82) is 0 Å². The molecule has 1 aromatic heterocycles. The molecule has 4 heteroatoms. The number of aromatic amines is 1. The standard InChI is InChI=1S/C12H15N3O/c1-9-4-3-5-12(16-2)11(9)7-6-10-8-13-15-14-10/h3-5,8H,6-7H2,1-2H3,(H,13,14,15). The average molecular weight is 217 g/mol. The Bertz CT molecular complexity index is 451. The Morgan fingerprint density at radius 3 is 2.88 bits per heavy atom. The Hall–Kier alpha value is -1.84. The van der Waals surface area contributed by atoms with E-state index >= 15 is 0 Å². The lowest BCUT2D eigenvalue weighted by molar-refractivity contribution is 0.409. The van der Waals surface area contributed by atoms with Crippen LogP contribution in [0.4, 0.5) is 0 Å². The molecule has 84 valence electrons. The van der Waals surface area contributed by atoms with Crippen molar-refractivity contribution in [3.05, 3.63) is 41.2 Å². The van der Waals surface area contributed by atoms with Crippen molar-refractivity contribution in [2.24, 2.45) is 0 Å². The summed E-state index contributed by atoms with van der Waals surface area (Å²) in [5, 5.41) is 10.4. The van der Waals surface area contributed by atoms with Gasteiger partial charge in [-0.1, -0.05) is 12.1 Å². The second-order valence-corrected chi connectivity index (χ2v) is 3.72. The first kappa shape index (κ1) is 10.7. The number of hydrogen-bond donors (Lipinski definition) is 1. The number of benzene rings is 1. The molecule has 1 heterocycles. The Balaban J connectivity index is 2.14. The van der Waals surface area contributed by atoms with Gasteiger partial charge in [-0.25, -0.2) is 0 Å². The van der Waals surface area contributed by atoms with Gasteiger partial charge in [-0.15, -0.1) is 0 Å². The van der Waals surface area contributed by atoms with Gasteiger partial charge in [0.05, 0.1) is 19.0 Å². The van der Waals surface area contributed by atoms with Crippen LogP contribution in [0.1, 0.15) is 16.8 Å². The van der Waals surface area contributed by atoms with Crippen LogP contribution in [0.5, 0.6) is 5.75 Å². The molecule has 0 radical (unpaired) electrons. The summed E-state index contributed by atoms with van der Waals surface area (Å²) in [6, 6.07) is 6.10. The molecule has 16 heavy (non-hydrogen) atoms. The van der Waals surface area contributed by atoms with Gasteiger partial charge in [-0.2, -0.15) is 15.4 Å². The molecule has 2 aromatic rings. The molecule has 0 atom stereocenters. The van der Waals surface area contributed by atoms with Gasteiger partial charge in [-0.3, -0.25) is 0 Å². The van der Waals surface area contributed by atoms with Crippen molar-refractivity contribution in [3.8, 4) is 5.75 Å². The van der Waals surface area contributed by atoms with Crippen LogP contribution in [0, 0.1) is 6.92 Å². The molecule has 0 fully saturated rings. The second-order valence-electron chi connectivity index (χ2n) is 3.72. The molecule has 0 aliphatic rings. The molecule has 0 unspecified atom stereocenters. The van der Waals surface area contributed by atoms with Gasteiger partial charge >= 0.3 is 0 Å². The zero-order valence-electron chi connectivity index (χ0n) is 9.53. The summed E-state index contributed by atoms with van der Waals surface area (Å²) in [5.41, 5.74) is 3.47. The number of aromatic nitrogens is 3. The largest absolute Gasteiger partial charge is 0.496 e. The highest BCUT2D eigenvalue weighted by Gasteiger charge is 2.06. The monoisotopic (exact) mass is 217 g/mol. The highest BCUT2D eigenvalue weighted by molar-refractivity contribution is 5.39. The molecule has 0 aliphatic carbocycles. The van der Waals surface area contributed by atoms with Crippen molar-refractivity contribution in [3.63, 3.8) is 0 Å². The maximum absolute atomic E-state index is 5.35. The Labute approximate surface area is 94.6 Å². The zero-order valence-corrected chi connectivity index (χ0v) is 9.53. The summed E-state index contributed by atoms with van der Waals surface area (Å²) in [5.74, 6) is 0.948. The van der Waals surface area contributed by atoms with Crippen LogP contribution in [-0.2, 0) is 12.8 Å². The maximum Gasteiger partial charge on any atom is 0.122 e. The third-order valence-electron chi connectivity index (χ3n) is 2.68. The van der Waals surface area contributed by atoms with Crippen molar-refractivity contribution >= 4 is 0 Å². The fourth-order valence-corrected chi connectivity index (χ4v) is 1.79. The molecule has 0 saturated heterocycles. The molecule has 4 nitrogen and oxygen atoms in total. The van der Waals surface area contributed by atoms with E-state index in [4.69, 9.17) is 4.74 Å². The van der Waals surface area contributed by atoms with Crippen molar-refractivity contribution in [2.75, 3.05) is 7.11 Å². The number of methoxy groups -OCH3 is 1. The third-order valence-corrected chi connectivity index (χ3v) is 2.68. The Kier molecular flexibility index (Phi) is 3.19. The van der Waals surface area contributed by atoms with Crippen LogP contribution in [-0.4, -0.2) is 22.5 Å². The normalized spacial score (nSPS) is 10.4. The van der Waals surface area contributed by atoms with Crippen LogP contribution >= 0.6 is 0 Å². The molecule has 1 N–H and O–H groups in total. The summed E-state index contributed by atoms with van der Waals surface area (Å²) < 4.78 is 5.35. The first-order valence-electron chi connectivity index (χ1n) is 5.28. The number of hydrogen-bond acceptors (Lipinski definition) is 3. The lowest BCUT2D eigenvalue weighted by Crippen LogP contribution is -1.98. The SMILES string of the molecule is COc1cccc(C)c1CCc1cn[nH]n1. The van der Waals surface area contributed by atoms with Gasteiger partial charge < -0.3 is 4.74 Å². The number of aryl methyl sites for hydroxylation is 2. The molecule has 0 bridgehead atoms. The van der Waals surface area contributed by atoms with Gasteiger partial charge in [0, 0.05) is 0 Å². The lowest BCUT2D eigenvalue weighted by atomic mass is 10.0.